The normalized spacial score (nSPS) is 25.9. The molecule has 0 aromatic carbocycles. The van der Waals surface area contributed by atoms with E-state index in [0.717, 1.165) is 11.7 Å². The Morgan fingerprint density at radius 1 is 1.18 bits per heavy atom. The predicted octanol–water partition coefficient (Wildman–Crippen LogP) is 4.45. The minimum atomic E-state index is 0.431. The van der Waals surface area contributed by atoms with Gasteiger partial charge in [-0.1, -0.05) is 32.4 Å². The highest BCUT2D eigenvalue weighted by molar-refractivity contribution is 6.29. The van der Waals surface area contributed by atoms with E-state index in [-0.39, 0.29) is 0 Å². The number of aromatic nitrogens is 2. The summed E-state index contributed by atoms with van der Waals surface area (Å²) in [5.41, 5.74) is 0.431. The molecule has 3 heteroatoms. The zero-order valence-electron chi connectivity index (χ0n) is 10.9. The highest BCUT2D eigenvalue weighted by atomic mass is 35.5. The molecule has 0 N–H and O–H groups in total. The predicted molar refractivity (Wildman–Crippen MR) is 71.2 cm³/mol. The fraction of sp³-hybridized carbons (Fsp3) is 0.714. The van der Waals surface area contributed by atoms with Crippen LogP contribution in [0.15, 0.2) is 12.3 Å². The molecule has 0 spiro atoms. The second-order valence-corrected chi connectivity index (χ2v) is 6.54. The van der Waals surface area contributed by atoms with Crippen LogP contribution >= 0.6 is 11.6 Å². The third-order valence-corrected chi connectivity index (χ3v) is 4.17. The van der Waals surface area contributed by atoms with Crippen molar-refractivity contribution in [2.45, 2.75) is 52.4 Å². The summed E-state index contributed by atoms with van der Waals surface area (Å²) in [4.78, 5) is 8.69. The first-order valence-electron chi connectivity index (χ1n) is 6.45. The Morgan fingerprint density at radius 3 is 2.35 bits per heavy atom. The van der Waals surface area contributed by atoms with Crippen LogP contribution in [-0.4, -0.2) is 9.97 Å². The third kappa shape index (κ3) is 3.19. The Bertz CT molecular complexity index is 376. The number of hydrogen-bond acceptors (Lipinski definition) is 2. The van der Waals surface area contributed by atoms with Crippen molar-refractivity contribution < 1.29 is 0 Å². The molecule has 0 amide bonds. The molecule has 2 nitrogen and oxygen atoms in total. The fourth-order valence-electron chi connectivity index (χ4n) is 2.77. The third-order valence-electron chi connectivity index (χ3n) is 3.96. The molecule has 1 aliphatic rings. The van der Waals surface area contributed by atoms with Crippen LogP contribution in [0.3, 0.4) is 0 Å². The minimum absolute atomic E-state index is 0.431. The molecule has 0 unspecified atom stereocenters. The topological polar surface area (TPSA) is 25.8 Å². The number of rotatable bonds is 1. The maximum absolute atomic E-state index is 5.91. The lowest BCUT2D eigenvalue weighted by molar-refractivity contribution is 0.167. The Balaban J connectivity index is 2.00. The molecule has 1 aliphatic carbocycles. The average molecular weight is 253 g/mol. The van der Waals surface area contributed by atoms with E-state index in [1.54, 1.807) is 12.3 Å². The molecule has 0 radical (unpaired) electrons. The van der Waals surface area contributed by atoms with Gasteiger partial charge in [0.25, 0.3) is 0 Å². The van der Waals surface area contributed by atoms with Crippen molar-refractivity contribution in [1.29, 1.82) is 0 Å². The van der Waals surface area contributed by atoms with E-state index >= 15 is 0 Å². The second-order valence-electron chi connectivity index (χ2n) is 6.15. The summed E-state index contributed by atoms with van der Waals surface area (Å²) in [5.74, 6) is 2.27. The molecule has 1 saturated carbocycles. The monoisotopic (exact) mass is 252 g/mol. The van der Waals surface area contributed by atoms with E-state index < -0.39 is 0 Å². The number of nitrogens with zero attached hydrogens (tertiary/aromatic N) is 2. The smallest absolute Gasteiger partial charge is 0.133 e. The van der Waals surface area contributed by atoms with Crippen molar-refractivity contribution in [3.05, 3.63) is 23.2 Å². The number of halogens is 1. The SMILES string of the molecule is CC(C)(C)C1CCC(c2nccc(Cl)n2)CC1. The molecule has 0 atom stereocenters. The summed E-state index contributed by atoms with van der Waals surface area (Å²) in [7, 11) is 0. The van der Waals surface area contributed by atoms with Gasteiger partial charge in [0.2, 0.25) is 0 Å². The van der Waals surface area contributed by atoms with Gasteiger partial charge >= 0.3 is 0 Å². The molecule has 94 valence electrons. The molecule has 1 heterocycles. The van der Waals surface area contributed by atoms with Crippen LogP contribution in [0.1, 0.15) is 58.2 Å². The largest absolute Gasteiger partial charge is 0.241 e. The summed E-state index contributed by atoms with van der Waals surface area (Å²) in [6, 6.07) is 1.74. The van der Waals surface area contributed by atoms with E-state index in [9.17, 15) is 0 Å². The van der Waals surface area contributed by atoms with Crippen molar-refractivity contribution in [1.82, 2.24) is 9.97 Å². The highest BCUT2D eigenvalue weighted by Crippen LogP contribution is 2.42. The quantitative estimate of drug-likeness (QED) is 0.690. The second kappa shape index (κ2) is 4.93. The van der Waals surface area contributed by atoms with E-state index in [4.69, 9.17) is 11.6 Å². The lowest BCUT2D eigenvalue weighted by Gasteiger charge is -2.36. The van der Waals surface area contributed by atoms with Crippen LogP contribution in [0.4, 0.5) is 0 Å². The van der Waals surface area contributed by atoms with Crippen LogP contribution in [0.25, 0.3) is 0 Å². The molecular formula is C14H21ClN2. The van der Waals surface area contributed by atoms with Crippen molar-refractivity contribution >= 4 is 11.6 Å². The highest BCUT2D eigenvalue weighted by Gasteiger charge is 2.31. The molecule has 0 saturated heterocycles. The lowest BCUT2D eigenvalue weighted by atomic mass is 9.70. The van der Waals surface area contributed by atoms with E-state index in [2.05, 4.69) is 30.7 Å². The van der Waals surface area contributed by atoms with Crippen LogP contribution in [0.2, 0.25) is 5.15 Å². The van der Waals surface area contributed by atoms with Crippen LogP contribution in [-0.2, 0) is 0 Å². The maximum atomic E-state index is 5.91. The first-order valence-corrected chi connectivity index (χ1v) is 6.83. The molecule has 17 heavy (non-hydrogen) atoms. The first kappa shape index (κ1) is 12.8. The summed E-state index contributed by atoms with van der Waals surface area (Å²) in [5, 5.41) is 0.563. The van der Waals surface area contributed by atoms with Gasteiger partial charge in [0.1, 0.15) is 11.0 Å². The van der Waals surface area contributed by atoms with Gasteiger partial charge in [-0.3, -0.25) is 0 Å². The van der Waals surface area contributed by atoms with Crippen molar-refractivity contribution in [2.75, 3.05) is 0 Å². The van der Waals surface area contributed by atoms with Crippen LogP contribution in [0.5, 0.6) is 0 Å². The maximum Gasteiger partial charge on any atom is 0.133 e. The average Bonchev–Trinajstić information content (AvgIpc) is 2.28. The van der Waals surface area contributed by atoms with Crippen LogP contribution < -0.4 is 0 Å². The Hall–Kier alpha value is -0.630. The van der Waals surface area contributed by atoms with E-state index in [1.165, 1.54) is 25.7 Å². The van der Waals surface area contributed by atoms with Crippen molar-refractivity contribution in [2.24, 2.45) is 11.3 Å². The molecule has 0 bridgehead atoms. The van der Waals surface area contributed by atoms with E-state index in [0.29, 0.717) is 16.5 Å². The number of hydrogen-bond donors (Lipinski definition) is 0. The van der Waals surface area contributed by atoms with Crippen molar-refractivity contribution in [3.8, 4) is 0 Å². The van der Waals surface area contributed by atoms with Crippen LogP contribution in [0, 0.1) is 11.3 Å². The molecule has 2 rings (SSSR count). The summed E-state index contributed by atoms with van der Waals surface area (Å²) in [6.07, 6.45) is 6.72. The molecule has 1 aromatic rings. The summed E-state index contributed by atoms with van der Waals surface area (Å²) < 4.78 is 0. The minimum Gasteiger partial charge on any atom is -0.241 e. The summed E-state index contributed by atoms with van der Waals surface area (Å²) >= 11 is 5.91. The zero-order chi connectivity index (χ0) is 12.5. The lowest BCUT2D eigenvalue weighted by Crippen LogP contribution is -2.25. The zero-order valence-corrected chi connectivity index (χ0v) is 11.7. The van der Waals surface area contributed by atoms with E-state index in [1.807, 2.05) is 0 Å². The molecular weight excluding hydrogens is 232 g/mol. The van der Waals surface area contributed by atoms with Gasteiger partial charge in [-0.2, -0.15) is 0 Å². The molecule has 0 aliphatic heterocycles. The Kier molecular flexibility index (Phi) is 3.72. The van der Waals surface area contributed by atoms with Gasteiger partial charge in [-0.15, -0.1) is 0 Å². The van der Waals surface area contributed by atoms with Gasteiger partial charge < -0.3 is 0 Å². The molecule has 1 aromatic heterocycles. The molecule has 1 fully saturated rings. The van der Waals surface area contributed by atoms with Crippen molar-refractivity contribution in [3.63, 3.8) is 0 Å². The Labute approximate surface area is 109 Å². The fourth-order valence-corrected chi connectivity index (χ4v) is 2.91. The van der Waals surface area contributed by atoms with Gasteiger partial charge in [0, 0.05) is 12.1 Å². The van der Waals surface area contributed by atoms with Gasteiger partial charge in [0.15, 0.2) is 0 Å². The van der Waals surface area contributed by atoms with Gasteiger partial charge in [0.05, 0.1) is 0 Å². The summed E-state index contributed by atoms with van der Waals surface area (Å²) in [6.45, 7) is 7.02. The first-order chi connectivity index (χ1) is 7.97. The standard InChI is InChI=1S/C14H21ClN2/c1-14(2,3)11-6-4-10(5-7-11)13-16-9-8-12(15)17-13/h8-11H,4-7H2,1-3H3. The van der Waals surface area contributed by atoms with Gasteiger partial charge in [-0.25, -0.2) is 9.97 Å². The Morgan fingerprint density at radius 2 is 1.82 bits per heavy atom. The van der Waals surface area contributed by atoms with Gasteiger partial charge in [-0.05, 0) is 43.1 Å².